The highest BCUT2D eigenvalue weighted by Gasteiger charge is 2.25. The summed E-state index contributed by atoms with van der Waals surface area (Å²) in [4.78, 5) is 24.4. The van der Waals surface area contributed by atoms with Crippen molar-refractivity contribution in [2.24, 2.45) is 0 Å². The lowest BCUT2D eigenvalue weighted by molar-refractivity contribution is -0.120. The Morgan fingerprint density at radius 3 is 2.84 bits per heavy atom. The van der Waals surface area contributed by atoms with E-state index in [4.69, 9.17) is 9.47 Å². The molecule has 6 heteroatoms. The molecule has 0 aromatic heterocycles. The van der Waals surface area contributed by atoms with Crippen LogP contribution in [0, 0.1) is 6.92 Å². The third-order valence-electron chi connectivity index (χ3n) is 4.04. The molecule has 0 aliphatic carbocycles. The van der Waals surface area contributed by atoms with E-state index in [-0.39, 0.29) is 24.4 Å². The van der Waals surface area contributed by atoms with Gasteiger partial charge in [-0.25, -0.2) is 0 Å². The van der Waals surface area contributed by atoms with E-state index < -0.39 is 0 Å². The van der Waals surface area contributed by atoms with Gasteiger partial charge in [0.2, 0.25) is 5.91 Å². The van der Waals surface area contributed by atoms with Crippen molar-refractivity contribution in [3.63, 3.8) is 0 Å². The number of methoxy groups -OCH3 is 1. The second kappa shape index (κ2) is 7.25. The van der Waals surface area contributed by atoms with Gasteiger partial charge < -0.3 is 20.1 Å². The highest BCUT2D eigenvalue weighted by molar-refractivity contribution is 5.98. The van der Waals surface area contributed by atoms with Gasteiger partial charge in [0.25, 0.3) is 5.91 Å². The van der Waals surface area contributed by atoms with Crippen molar-refractivity contribution in [3.8, 4) is 11.5 Å². The van der Waals surface area contributed by atoms with Gasteiger partial charge in [-0.3, -0.25) is 9.59 Å². The summed E-state index contributed by atoms with van der Waals surface area (Å²) in [5.74, 6) is 0.626. The minimum atomic E-state index is -0.355. The van der Waals surface area contributed by atoms with Crippen LogP contribution in [0.15, 0.2) is 42.5 Å². The fourth-order valence-corrected chi connectivity index (χ4v) is 2.79. The molecule has 1 aliphatic heterocycles. The number of fused-ring (bicyclic) bond motifs is 1. The van der Waals surface area contributed by atoms with E-state index in [2.05, 4.69) is 10.6 Å². The molecule has 1 aliphatic rings. The van der Waals surface area contributed by atoms with Crippen LogP contribution in [-0.2, 0) is 4.79 Å². The first-order valence-electron chi connectivity index (χ1n) is 8.02. The number of ether oxygens (including phenoxy) is 2. The summed E-state index contributed by atoms with van der Waals surface area (Å²) in [6.07, 6.45) is 0. The smallest absolute Gasteiger partial charge is 0.255 e. The van der Waals surface area contributed by atoms with E-state index in [1.807, 2.05) is 25.1 Å². The maximum Gasteiger partial charge on any atom is 0.255 e. The Bertz CT molecular complexity index is 804. The molecule has 1 unspecified atom stereocenters. The van der Waals surface area contributed by atoms with Gasteiger partial charge in [0.05, 0.1) is 25.3 Å². The van der Waals surface area contributed by atoms with Gasteiger partial charge in [-0.2, -0.15) is 0 Å². The number of carbonyl (C=O) groups excluding carboxylic acids is 2. The van der Waals surface area contributed by atoms with Crippen LogP contribution < -0.4 is 20.1 Å². The van der Waals surface area contributed by atoms with Crippen molar-refractivity contribution in [1.29, 1.82) is 0 Å². The van der Waals surface area contributed by atoms with E-state index in [0.717, 1.165) is 16.9 Å². The van der Waals surface area contributed by atoms with Crippen molar-refractivity contribution in [2.45, 2.75) is 13.0 Å². The molecule has 0 saturated carbocycles. The molecule has 0 spiro atoms. The number of nitrogens with one attached hydrogen (secondary N) is 2. The summed E-state index contributed by atoms with van der Waals surface area (Å²) in [7, 11) is 1.50. The molecule has 1 heterocycles. The zero-order valence-corrected chi connectivity index (χ0v) is 14.2. The molecule has 3 rings (SSSR count). The number of para-hydroxylation sites is 1. The molecule has 2 N–H and O–H groups in total. The summed E-state index contributed by atoms with van der Waals surface area (Å²) in [5.41, 5.74) is 2.46. The first-order valence-corrected chi connectivity index (χ1v) is 8.02. The zero-order valence-electron chi connectivity index (χ0n) is 14.2. The number of benzene rings is 2. The van der Waals surface area contributed by atoms with Crippen LogP contribution in [0.25, 0.3) is 0 Å². The van der Waals surface area contributed by atoms with Crippen molar-refractivity contribution < 1.29 is 19.1 Å². The summed E-state index contributed by atoms with van der Waals surface area (Å²) >= 11 is 0. The van der Waals surface area contributed by atoms with Gasteiger partial charge in [-0.05, 0) is 25.1 Å². The molecule has 2 aromatic carbocycles. The fourth-order valence-electron chi connectivity index (χ4n) is 2.79. The van der Waals surface area contributed by atoms with Crippen LogP contribution in [0.4, 0.5) is 0 Å². The fraction of sp³-hybridized carbons (Fsp3) is 0.263. The lowest BCUT2D eigenvalue weighted by Crippen LogP contribution is -2.39. The summed E-state index contributed by atoms with van der Waals surface area (Å²) < 4.78 is 10.7. The average molecular weight is 340 g/mol. The molecule has 6 nitrogen and oxygen atoms in total. The van der Waals surface area contributed by atoms with Crippen LogP contribution in [0.2, 0.25) is 0 Å². The Kier molecular flexibility index (Phi) is 4.88. The van der Waals surface area contributed by atoms with Gasteiger partial charge in [-0.1, -0.05) is 29.8 Å². The Morgan fingerprint density at radius 2 is 2.04 bits per heavy atom. The van der Waals surface area contributed by atoms with Crippen LogP contribution in [0.1, 0.15) is 27.5 Å². The number of rotatable bonds is 5. The Labute approximate surface area is 146 Å². The van der Waals surface area contributed by atoms with Gasteiger partial charge in [0, 0.05) is 5.56 Å². The summed E-state index contributed by atoms with van der Waals surface area (Å²) in [6.45, 7) is 2.27. The largest absolute Gasteiger partial charge is 0.496 e. The third-order valence-corrected chi connectivity index (χ3v) is 4.04. The van der Waals surface area contributed by atoms with E-state index in [1.54, 1.807) is 24.3 Å². The maximum absolute atomic E-state index is 12.2. The second-order valence-electron chi connectivity index (χ2n) is 5.86. The molecule has 25 heavy (non-hydrogen) atoms. The van der Waals surface area contributed by atoms with Crippen molar-refractivity contribution in [3.05, 3.63) is 59.2 Å². The minimum Gasteiger partial charge on any atom is -0.496 e. The molecule has 2 aromatic rings. The number of amides is 2. The number of hydrogen-bond acceptors (Lipinski definition) is 4. The standard InChI is InChI=1S/C19H20N2O4/c1-12-7-8-17-14(9-12)15(11-25-17)21-18(22)10-20-19(23)13-5-3-4-6-16(13)24-2/h3-9,15H,10-11H2,1-2H3,(H,20,23)(H,21,22). The predicted molar refractivity (Wildman–Crippen MR) is 92.9 cm³/mol. The molecule has 1 atom stereocenters. The Morgan fingerprint density at radius 1 is 1.24 bits per heavy atom. The molecule has 0 radical (unpaired) electrons. The lowest BCUT2D eigenvalue weighted by Gasteiger charge is -2.13. The third kappa shape index (κ3) is 3.74. The van der Waals surface area contributed by atoms with E-state index in [1.165, 1.54) is 7.11 Å². The summed E-state index contributed by atoms with van der Waals surface area (Å²) in [6, 6.07) is 12.5. The van der Waals surface area contributed by atoms with Gasteiger partial charge in [0.15, 0.2) is 0 Å². The van der Waals surface area contributed by atoms with E-state index >= 15 is 0 Å². The summed E-state index contributed by atoms with van der Waals surface area (Å²) in [5, 5.41) is 5.50. The Hall–Kier alpha value is -3.02. The SMILES string of the molecule is COc1ccccc1C(=O)NCC(=O)NC1COc2ccc(C)cc21. The normalized spacial score (nSPS) is 15.0. The first-order chi connectivity index (χ1) is 12.1. The highest BCUT2D eigenvalue weighted by Crippen LogP contribution is 2.32. The maximum atomic E-state index is 12.2. The highest BCUT2D eigenvalue weighted by atomic mass is 16.5. The minimum absolute atomic E-state index is 0.117. The van der Waals surface area contributed by atoms with Gasteiger partial charge >= 0.3 is 0 Å². The quantitative estimate of drug-likeness (QED) is 0.873. The van der Waals surface area contributed by atoms with Crippen LogP contribution in [0.5, 0.6) is 11.5 Å². The van der Waals surface area contributed by atoms with Crippen LogP contribution in [0.3, 0.4) is 0 Å². The number of aryl methyl sites for hydroxylation is 1. The monoisotopic (exact) mass is 340 g/mol. The van der Waals surface area contributed by atoms with Gasteiger partial charge in [0.1, 0.15) is 18.1 Å². The first kappa shape index (κ1) is 16.8. The molecular weight excluding hydrogens is 320 g/mol. The molecule has 0 fully saturated rings. The molecule has 0 saturated heterocycles. The van der Waals surface area contributed by atoms with Crippen LogP contribution in [-0.4, -0.2) is 32.1 Å². The molecular formula is C19H20N2O4. The molecule has 130 valence electrons. The van der Waals surface area contributed by atoms with Crippen molar-refractivity contribution in [1.82, 2.24) is 10.6 Å². The molecule has 0 bridgehead atoms. The van der Waals surface area contributed by atoms with Crippen LogP contribution >= 0.6 is 0 Å². The Balaban J connectivity index is 1.58. The van der Waals surface area contributed by atoms with E-state index in [0.29, 0.717) is 17.9 Å². The average Bonchev–Trinajstić information content (AvgIpc) is 3.01. The number of carbonyl (C=O) groups is 2. The van der Waals surface area contributed by atoms with Crippen molar-refractivity contribution >= 4 is 11.8 Å². The lowest BCUT2D eigenvalue weighted by atomic mass is 10.1. The molecule has 2 amide bonds. The predicted octanol–water partition coefficient (Wildman–Crippen LogP) is 1.98. The number of hydrogen-bond donors (Lipinski definition) is 2. The topological polar surface area (TPSA) is 76.7 Å². The van der Waals surface area contributed by atoms with Gasteiger partial charge in [-0.15, -0.1) is 0 Å². The zero-order chi connectivity index (χ0) is 17.8. The van der Waals surface area contributed by atoms with E-state index in [9.17, 15) is 9.59 Å². The van der Waals surface area contributed by atoms with Crippen molar-refractivity contribution in [2.75, 3.05) is 20.3 Å². The second-order valence-corrected chi connectivity index (χ2v) is 5.86.